The fourth-order valence-corrected chi connectivity index (χ4v) is 11.4. The van der Waals surface area contributed by atoms with Crippen LogP contribution >= 0.6 is 0 Å². The van der Waals surface area contributed by atoms with E-state index in [1.54, 1.807) is 0 Å². The quantitative estimate of drug-likeness (QED) is 0.162. The number of carbonyl (C=O) groups excluding carboxylic acids is 4. The van der Waals surface area contributed by atoms with Crippen LogP contribution in [-0.2, 0) is 47.5 Å². The van der Waals surface area contributed by atoms with E-state index in [1.165, 1.54) is 94.7 Å². The maximum Gasteiger partial charge on any atom is 0.287 e. The summed E-state index contributed by atoms with van der Waals surface area (Å²) in [7, 11) is -8.62. The lowest BCUT2D eigenvalue weighted by Gasteiger charge is -2.35. The molecule has 0 fully saturated rings. The third-order valence-electron chi connectivity index (χ3n) is 11.3. The van der Waals surface area contributed by atoms with Crippen LogP contribution in [0.1, 0.15) is 74.2 Å². The first kappa shape index (κ1) is 48.7. The number of hydrogen-bond donors (Lipinski definition) is 4. The molecule has 4 amide bonds. The summed E-state index contributed by atoms with van der Waals surface area (Å²) in [6.45, 7) is 10.5. The van der Waals surface area contributed by atoms with Crippen LogP contribution in [0.15, 0.2) is 126 Å². The molecule has 0 saturated heterocycles. The SMILES string of the molecule is CC(C)(C)[C@H]1C(O)=C(C2=NS(=O)(=O)c3c(C(N)=O)cccc32)C(=O)N1Cc1ccc(F)cc1.CC(C)(C)[C@H]1C(O)=C(C2=NS(=O)(=O)c3c(OCC(N)=O)cccc32)C(=O)N1Cc1ccc(F)cc1. The van der Waals surface area contributed by atoms with Crippen molar-refractivity contribution in [3.05, 3.63) is 147 Å². The van der Waals surface area contributed by atoms with Gasteiger partial charge in [-0.05, 0) is 58.4 Å². The average Bonchev–Trinajstić information content (AvgIpc) is 3.86. The van der Waals surface area contributed by atoms with Crippen LogP contribution in [0.3, 0.4) is 0 Å². The van der Waals surface area contributed by atoms with Crippen molar-refractivity contribution in [1.29, 1.82) is 0 Å². The second-order valence-corrected chi connectivity index (χ2v) is 21.5. The number of sulfonamides is 2. The maximum atomic E-state index is 13.6. The molecule has 356 valence electrons. The van der Waals surface area contributed by atoms with Crippen molar-refractivity contribution >= 4 is 55.1 Å². The van der Waals surface area contributed by atoms with Crippen LogP contribution in [0.25, 0.3) is 0 Å². The second-order valence-electron chi connectivity index (χ2n) is 18.4. The van der Waals surface area contributed by atoms with Gasteiger partial charge in [0.2, 0.25) is 5.91 Å². The molecule has 68 heavy (non-hydrogen) atoms. The Morgan fingerprint density at radius 3 is 1.44 bits per heavy atom. The first-order valence-electron chi connectivity index (χ1n) is 20.8. The van der Waals surface area contributed by atoms with Crippen molar-refractivity contribution < 1.29 is 59.7 Å². The number of nitrogens with zero attached hydrogens (tertiary/aromatic N) is 4. The number of carbonyl (C=O) groups is 4. The van der Waals surface area contributed by atoms with E-state index in [1.807, 2.05) is 41.5 Å². The first-order chi connectivity index (χ1) is 31.6. The number of aliphatic hydroxyl groups excluding tert-OH is 2. The number of hydrogen-bond acceptors (Lipinski definition) is 11. The molecule has 4 aromatic rings. The molecule has 17 nitrogen and oxygen atoms in total. The largest absolute Gasteiger partial charge is 0.509 e. The van der Waals surface area contributed by atoms with Crippen molar-refractivity contribution in [2.75, 3.05) is 6.61 Å². The van der Waals surface area contributed by atoms with Gasteiger partial charge in [0, 0.05) is 24.2 Å². The van der Waals surface area contributed by atoms with Crippen LogP contribution in [0.4, 0.5) is 8.78 Å². The standard InChI is InChI=1S/C24H24FN3O6S.C23H22FN3O5S/c1-24(2,3)22-20(30)18(23(31)28(22)11-13-7-9-14(25)10-8-13)19-15-5-4-6-16(34-12-17(26)29)21(15)35(32,33)27-19;1-23(2,3)20-18(28)16(22(30)27(20)11-12-7-9-13(24)10-8-12)17-14-5-4-6-15(21(25)29)19(14)33(31,32)26-17/h4-10,22,30H,11-12H2,1-3H3,(H2,26,29);4-10,20,28H,11H2,1-3H3,(H2,25,29)/t22-;20-/m11/s1. The van der Waals surface area contributed by atoms with E-state index in [0.29, 0.717) is 11.1 Å². The lowest BCUT2D eigenvalue weighted by molar-refractivity contribution is -0.129. The van der Waals surface area contributed by atoms with Crippen LogP contribution in [-0.4, -0.2) is 90.6 Å². The Morgan fingerprint density at radius 2 is 1.04 bits per heavy atom. The van der Waals surface area contributed by atoms with Gasteiger partial charge >= 0.3 is 0 Å². The molecule has 0 spiro atoms. The first-order valence-corrected chi connectivity index (χ1v) is 23.7. The average molecular weight is 973 g/mol. The minimum Gasteiger partial charge on any atom is -0.509 e. The van der Waals surface area contributed by atoms with E-state index in [2.05, 4.69) is 8.80 Å². The molecule has 2 atom stereocenters. The number of benzene rings is 4. The molecular weight excluding hydrogens is 927 g/mol. The fourth-order valence-electron chi connectivity index (χ4n) is 8.63. The number of primary amides is 2. The normalized spacial score (nSPS) is 19.4. The summed E-state index contributed by atoms with van der Waals surface area (Å²) < 4.78 is 91.0. The Kier molecular flexibility index (Phi) is 12.5. The van der Waals surface area contributed by atoms with Crippen molar-refractivity contribution in [2.24, 2.45) is 31.1 Å². The zero-order valence-corrected chi connectivity index (χ0v) is 39.1. The molecule has 4 aromatic carbocycles. The molecule has 8 rings (SSSR count). The van der Waals surface area contributed by atoms with Crippen molar-refractivity contribution in [2.45, 2.75) is 76.5 Å². The number of halogens is 2. The van der Waals surface area contributed by atoms with Gasteiger partial charge in [0.05, 0.1) is 17.6 Å². The molecule has 4 aliphatic rings. The number of aliphatic hydroxyl groups is 2. The molecule has 0 unspecified atom stereocenters. The molecular formula is C47H46F2N6O11S2. The highest BCUT2D eigenvalue weighted by atomic mass is 32.2. The molecule has 21 heteroatoms. The zero-order chi connectivity index (χ0) is 50.0. The summed E-state index contributed by atoms with van der Waals surface area (Å²) in [5.41, 5.74) is 9.38. The van der Waals surface area contributed by atoms with Gasteiger partial charge in [-0.2, -0.15) is 25.6 Å². The minimum absolute atomic E-state index is 0.0255. The lowest BCUT2D eigenvalue weighted by Crippen LogP contribution is -2.43. The Bertz CT molecular complexity index is 3170. The molecule has 0 saturated carbocycles. The Morgan fingerprint density at radius 1 is 0.647 bits per heavy atom. The molecule has 0 radical (unpaired) electrons. The summed E-state index contributed by atoms with van der Waals surface area (Å²) in [6.07, 6.45) is 0. The van der Waals surface area contributed by atoms with E-state index >= 15 is 0 Å². The zero-order valence-electron chi connectivity index (χ0n) is 37.4. The number of fused-ring (bicyclic) bond motifs is 2. The number of nitrogens with two attached hydrogens (primary N) is 2. The lowest BCUT2D eigenvalue weighted by atomic mass is 9.84. The monoisotopic (exact) mass is 972 g/mol. The Hall–Kier alpha value is -7.26. The van der Waals surface area contributed by atoms with Gasteiger partial charge in [0.1, 0.15) is 61.3 Å². The van der Waals surface area contributed by atoms with Crippen molar-refractivity contribution in [3.63, 3.8) is 0 Å². The smallest absolute Gasteiger partial charge is 0.287 e. The van der Waals surface area contributed by atoms with Gasteiger partial charge < -0.3 is 36.2 Å². The van der Waals surface area contributed by atoms with E-state index < -0.39 is 84.8 Å². The van der Waals surface area contributed by atoms with Gasteiger partial charge in [0.15, 0.2) is 6.61 Å². The molecule has 0 aliphatic carbocycles. The summed E-state index contributed by atoms with van der Waals surface area (Å²) in [5.74, 6) is -4.60. The van der Waals surface area contributed by atoms with Crippen molar-refractivity contribution in [1.82, 2.24) is 9.80 Å². The van der Waals surface area contributed by atoms with Gasteiger partial charge in [-0.1, -0.05) is 90.1 Å². The topological polar surface area (TPSA) is 269 Å². The summed E-state index contributed by atoms with van der Waals surface area (Å²) in [6, 6.07) is 18.0. The fraction of sp³-hybridized carbons (Fsp3) is 0.277. The minimum atomic E-state index is -4.32. The van der Waals surface area contributed by atoms with Crippen molar-refractivity contribution in [3.8, 4) is 5.75 Å². The van der Waals surface area contributed by atoms with E-state index in [9.17, 15) is 55.0 Å². The Balaban J connectivity index is 0.000000202. The number of ether oxygens (including phenoxy) is 1. The van der Waals surface area contributed by atoms with E-state index in [0.717, 1.165) is 0 Å². The maximum absolute atomic E-state index is 13.6. The summed E-state index contributed by atoms with van der Waals surface area (Å²) >= 11 is 0. The van der Waals surface area contributed by atoms with Crippen LogP contribution in [0.2, 0.25) is 0 Å². The van der Waals surface area contributed by atoms with Gasteiger partial charge in [-0.25, -0.2) is 8.78 Å². The molecule has 4 aliphatic heterocycles. The van der Waals surface area contributed by atoms with Gasteiger partial charge in [-0.15, -0.1) is 0 Å². The third kappa shape index (κ3) is 8.97. The molecule has 6 N–H and O–H groups in total. The highest BCUT2D eigenvalue weighted by Crippen LogP contribution is 2.44. The van der Waals surface area contributed by atoms with E-state index in [4.69, 9.17) is 16.2 Å². The molecule has 0 aromatic heterocycles. The predicted molar refractivity (Wildman–Crippen MR) is 243 cm³/mol. The molecule has 4 heterocycles. The van der Waals surface area contributed by atoms with Crippen LogP contribution in [0, 0.1) is 22.5 Å². The van der Waals surface area contributed by atoms with Gasteiger partial charge in [-0.3, -0.25) is 19.2 Å². The summed E-state index contributed by atoms with van der Waals surface area (Å²) in [5, 5.41) is 22.4. The molecule has 0 bridgehead atoms. The predicted octanol–water partition coefficient (Wildman–Crippen LogP) is 5.14. The number of amides is 4. The highest BCUT2D eigenvalue weighted by Gasteiger charge is 2.51. The number of rotatable bonds is 10. The highest BCUT2D eigenvalue weighted by molar-refractivity contribution is 7.91. The summed E-state index contributed by atoms with van der Waals surface area (Å²) in [4.78, 5) is 52.2. The van der Waals surface area contributed by atoms with E-state index in [-0.39, 0.29) is 79.4 Å². The van der Waals surface area contributed by atoms with Gasteiger partial charge in [0.25, 0.3) is 37.8 Å². The second kappa shape index (κ2) is 17.4. The third-order valence-corrected chi connectivity index (χ3v) is 14.1. The van der Waals surface area contributed by atoms with Crippen LogP contribution in [0.5, 0.6) is 5.75 Å². The van der Waals surface area contributed by atoms with Crippen LogP contribution < -0.4 is 16.2 Å². The Labute approximate surface area is 390 Å².